The van der Waals surface area contributed by atoms with Gasteiger partial charge in [0.1, 0.15) is 0 Å². The molecule has 2 aromatic rings. The summed E-state index contributed by atoms with van der Waals surface area (Å²) in [6, 6.07) is 19.0. The minimum Gasteiger partial charge on any atom is -0.481 e. The number of carboxylic acids is 1. The fourth-order valence-electron chi connectivity index (χ4n) is 3.75. The molecule has 134 valence electrons. The van der Waals surface area contributed by atoms with Crippen LogP contribution >= 0.6 is 0 Å². The second-order valence-corrected chi connectivity index (χ2v) is 6.40. The van der Waals surface area contributed by atoms with E-state index >= 15 is 0 Å². The number of carbonyl (C=O) groups excluding carboxylic acids is 1. The van der Waals surface area contributed by atoms with Crippen LogP contribution in [0, 0.1) is 11.8 Å². The topological polar surface area (TPSA) is 63.6 Å². The van der Waals surface area contributed by atoms with E-state index < -0.39 is 23.8 Å². The Labute approximate surface area is 153 Å². The molecule has 4 atom stereocenters. The van der Waals surface area contributed by atoms with Crippen molar-refractivity contribution in [1.82, 2.24) is 0 Å². The van der Waals surface area contributed by atoms with Crippen molar-refractivity contribution in [3.8, 4) is 0 Å². The van der Waals surface area contributed by atoms with E-state index in [1.165, 1.54) is 0 Å². The van der Waals surface area contributed by atoms with E-state index in [1.807, 2.05) is 72.8 Å². The van der Waals surface area contributed by atoms with Gasteiger partial charge in [-0.2, -0.15) is 0 Å². The molecular weight excluding hydrogens is 328 g/mol. The first-order valence-corrected chi connectivity index (χ1v) is 8.81. The molecule has 0 fully saturated rings. The molecule has 1 aliphatic rings. The number of carbonyl (C=O) groups is 2. The maximum Gasteiger partial charge on any atom is 0.310 e. The molecule has 1 aliphatic carbocycles. The summed E-state index contributed by atoms with van der Waals surface area (Å²) in [5.74, 6) is -3.79. The summed E-state index contributed by atoms with van der Waals surface area (Å²) >= 11 is 0. The summed E-state index contributed by atoms with van der Waals surface area (Å²) in [7, 11) is 0. The van der Waals surface area contributed by atoms with Gasteiger partial charge >= 0.3 is 11.9 Å². The molecule has 0 aromatic heterocycles. The third-order valence-corrected chi connectivity index (χ3v) is 4.90. The SMILES string of the molecule is CCOC(=O)[C@H]1[C@@H](C(=O)O)[C@@H](c2ccccc2)C=C[C@@H]1c1ccccc1. The quantitative estimate of drug-likeness (QED) is 0.654. The van der Waals surface area contributed by atoms with E-state index in [-0.39, 0.29) is 18.4 Å². The zero-order valence-electron chi connectivity index (χ0n) is 14.6. The highest BCUT2D eigenvalue weighted by Gasteiger charge is 2.46. The molecule has 4 nitrogen and oxygen atoms in total. The van der Waals surface area contributed by atoms with Crippen LogP contribution in [-0.2, 0) is 14.3 Å². The van der Waals surface area contributed by atoms with Crippen LogP contribution in [0.2, 0.25) is 0 Å². The Morgan fingerprint density at radius 3 is 1.73 bits per heavy atom. The van der Waals surface area contributed by atoms with Gasteiger partial charge in [-0.15, -0.1) is 0 Å². The summed E-state index contributed by atoms with van der Waals surface area (Å²) in [4.78, 5) is 24.9. The van der Waals surface area contributed by atoms with Crippen molar-refractivity contribution in [2.75, 3.05) is 6.61 Å². The Kier molecular flexibility index (Phi) is 5.52. The lowest BCUT2D eigenvalue weighted by Crippen LogP contribution is -2.40. The van der Waals surface area contributed by atoms with Gasteiger partial charge in [-0.05, 0) is 18.1 Å². The molecule has 4 heteroatoms. The number of rotatable bonds is 5. The minimum absolute atomic E-state index is 0.225. The third kappa shape index (κ3) is 3.54. The van der Waals surface area contributed by atoms with Gasteiger partial charge in [0.2, 0.25) is 0 Å². The van der Waals surface area contributed by atoms with Gasteiger partial charge in [-0.3, -0.25) is 9.59 Å². The van der Waals surface area contributed by atoms with Crippen LogP contribution in [0.5, 0.6) is 0 Å². The summed E-state index contributed by atoms with van der Waals surface area (Å²) < 4.78 is 5.26. The predicted molar refractivity (Wildman–Crippen MR) is 98.8 cm³/mol. The van der Waals surface area contributed by atoms with Gasteiger partial charge in [-0.1, -0.05) is 72.8 Å². The molecule has 0 aliphatic heterocycles. The lowest BCUT2D eigenvalue weighted by molar-refractivity contribution is -0.159. The lowest BCUT2D eigenvalue weighted by Gasteiger charge is -2.36. The van der Waals surface area contributed by atoms with Gasteiger partial charge in [0, 0.05) is 11.8 Å². The summed E-state index contributed by atoms with van der Waals surface area (Å²) in [5, 5.41) is 9.98. The van der Waals surface area contributed by atoms with Crippen molar-refractivity contribution in [2.24, 2.45) is 11.8 Å². The van der Waals surface area contributed by atoms with Crippen molar-refractivity contribution >= 4 is 11.9 Å². The number of allylic oxidation sites excluding steroid dienone is 2. The predicted octanol–water partition coefficient (Wildman–Crippen LogP) is 4.00. The molecule has 0 amide bonds. The fraction of sp³-hybridized carbons (Fsp3) is 0.273. The maximum atomic E-state index is 12.8. The molecule has 0 saturated carbocycles. The molecular formula is C22H22O4. The standard InChI is InChI=1S/C22H22O4/c1-2-26-22(25)20-18(16-11-7-4-8-12-16)14-13-17(19(20)21(23)24)15-9-5-3-6-10-15/h3-14,17-20H,2H2,1H3,(H,23,24)/t17-,18-,19+,20-/m1/s1. The molecule has 2 aromatic carbocycles. The normalized spacial score (nSPS) is 24.8. The van der Waals surface area contributed by atoms with Gasteiger partial charge in [0.05, 0.1) is 18.4 Å². The number of ether oxygens (including phenoxy) is 1. The van der Waals surface area contributed by atoms with Crippen LogP contribution in [0.15, 0.2) is 72.8 Å². The Morgan fingerprint density at radius 2 is 1.31 bits per heavy atom. The number of esters is 1. The van der Waals surface area contributed by atoms with Crippen molar-refractivity contribution in [2.45, 2.75) is 18.8 Å². The molecule has 0 radical (unpaired) electrons. The van der Waals surface area contributed by atoms with Crippen molar-refractivity contribution in [3.05, 3.63) is 83.9 Å². The van der Waals surface area contributed by atoms with E-state index in [4.69, 9.17) is 4.74 Å². The largest absolute Gasteiger partial charge is 0.481 e. The lowest BCUT2D eigenvalue weighted by atomic mass is 9.66. The fourth-order valence-corrected chi connectivity index (χ4v) is 3.75. The van der Waals surface area contributed by atoms with Gasteiger partial charge in [0.15, 0.2) is 0 Å². The van der Waals surface area contributed by atoms with Crippen LogP contribution < -0.4 is 0 Å². The van der Waals surface area contributed by atoms with Crippen LogP contribution in [0.1, 0.15) is 29.9 Å². The Balaban J connectivity index is 2.09. The monoisotopic (exact) mass is 350 g/mol. The van der Waals surface area contributed by atoms with Crippen molar-refractivity contribution in [3.63, 3.8) is 0 Å². The van der Waals surface area contributed by atoms with E-state index in [1.54, 1.807) is 6.92 Å². The smallest absolute Gasteiger partial charge is 0.310 e. The van der Waals surface area contributed by atoms with Crippen LogP contribution in [0.4, 0.5) is 0 Å². The first kappa shape index (κ1) is 17.9. The first-order chi connectivity index (χ1) is 12.6. The van der Waals surface area contributed by atoms with Gasteiger partial charge < -0.3 is 9.84 Å². The highest BCUT2D eigenvalue weighted by Crippen LogP contribution is 2.45. The number of benzene rings is 2. The Morgan fingerprint density at radius 1 is 0.846 bits per heavy atom. The molecule has 1 N–H and O–H groups in total. The van der Waals surface area contributed by atoms with Crippen molar-refractivity contribution in [1.29, 1.82) is 0 Å². The Hall–Kier alpha value is -2.88. The van der Waals surface area contributed by atoms with Crippen LogP contribution in [0.3, 0.4) is 0 Å². The molecule has 3 rings (SSSR count). The number of aliphatic carboxylic acids is 1. The molecule has 0 saturated heterocycles. The van der Waals surface area contributed by atoms with Crippen molar-refractivity contribution < 1.29 is 19.4 Å². The molecule has 0 heterocycles. The summed E-state index contributed by atoms with van der Waals surface area (Å²) in [6.45, 7) is 1.96. The number of hydrogen-bond acceptors (Lipinski definition) is 3. The minimum atomic E-state index is -0.984. The highest BCUT2D eigenvalue weighted by molar-refractivity contribution is 5.84. The zero-order valence-corrected chi connectivity index (χ0v) is 14.6. The zero-order chi connectivity index (χ0) is 18.5. The molecule has 26 heavy (non-hydrogen) atoms. The van der Waals surface area contributed by atoms with E-state index in [9.17, 15) is 14.7 Å². The van der Waals surface area contributed by atoms with Gasteiger partial charge in [-0.25, -0.2) is 0 Å². The van der Waals surface area contributed by atoms with Crippen LogP contribution in [0.25, 0.3) is 0 Å². The summed E-state index contributed by atoms with van der Waals surface area (Å²) in [5.41, 5.74) is 1.80. The molecule has 0 bridgehead atoms. The average molecular weight is 350 g/mol. The second kappa shape index (κ2) is 8.00. The highest BCUT2D eigenvalue weighted by atomic mass is 16.5. The second-order valence-electron chi connectivity index (χ2n) is 6.40. The number of carboxylic acid groups (broad SMARTS) is 1. The average Bonchev–Trinajstić information content (AvgIpc) is 2.68. The molecule has 0 spiro atoms. The van der Waals surface area contributed by atoms with E-state index in [2.05, 4.69) is 0 Å². The summed E-state index contributed by atoms with van der Waals surface area (Å²) in [6.07, 6.45) is 3.87. The van der Waals surface area contributed by atoms with Gasteiger partial charge in [0.25, 0.3) is 0 Å². The first-order valence-electron chi connectivity index (χ1n) is 8.81. The maximum absolute atomic E-state index is 12.8. The van der Waals surface area contributed by atoms with E-state index in [0.717, 1.165) is 11.1 Å². The van der Waals surface area contributed by atoms with E-state index in [0.29, 0.717) is 0 Å². The third-order valence-electron chi connectivity index (χ3n) is 4.90. The number of hydrogen-bond donors (Lipinski definition) is 1. The van der Waals surface area contributed by atoms with Crippen LogP contribution in [-0.4, -0.2) is 23.7 Å². The Bertz CT molecular complexity index is 782. The molecule has 0 unspecified atom stereocenters.